The fourth-order valence-electron chi connectivity index (χ4n) is 4.59. The van der Waals surface area contributed by atoms with Crippen LogP contribution in [-0.2, 0) is 13.1 Å². The zero-order valence-corrected chi connectivity index (χ0v) is 14.9. The maximum Gasteiger partial charge on any atom is 0.0682 e. The van der Waals surface area contributed by atoms with Crippen LogP contribution in [0.15, 0.2) is 30.5 Å². The second-order valence-electron chi connectivity index (χ2n) is 7.64. The Bertz CT molecular complexity index is 710. The largest absolute Gasteiger partial charge is 0.392 e. The number of aromatic nitrogens is 1. The minimum Gasteiger partial charge on any atom is -0.392 e. The number of aryl methyl sites for hydroxylation is 1. The van der Waals surface area contributed by atoms with Gasteiger partial charge in [-0.2, -0.15) is 0 Å². The van der Waals surface area contributed by atoms with Gasteiger partial charge in [-0.15, -0.1) is 0 Å². The van der Waals surface area contributed by atoms with E-state index in [2.05, 4.69) is 58.7 Å². The van der Waals surface area contributed by atoms with E-state index >= 15 is 0 Å². The van der Waals surface area contributed by atoms with Crippen LogP contribution in [0.5, 0.6) is 0 Å². The van der Waals surface area contributed by atoms with Gasteiger partial charge in [0, 0.05) is 61.9 Å². The molecule has 0 saturated carbocycles. The van der Waals surface area contributed by atoms with E-state index in [9.17, 15) is 5.11 Å². The molecule has 0 bridgehead atoms. The molecule has 3 heterocycles. The zero-order chi connectivity index (χ0) is 16.7. The van der Waals surface area contributed by atoms with Crippen molar-refractivity contribution in [2.24, 2.45) is 0 Å². The summed E-state index contributed by atoms with van der Waals surface area (Å²) in [5.41, 5.74) is 2.80. The smallest absolute Gasteiger partial charge is 0.0682 e. The Hall–Kier alpha value is -1.36. The highest BCUT2D eigenvalue weighted by atomic mass is 16.3. The SMILES string of the molecule is CCCn1cc(CN2C[C@@H]3C[C@@H](O)CN3C[C@@H]2C)c2ccccc21. The van der Waals surface area contributed by atoms with Gasteiger partial charge < -0.3 is 9.67 Å². The Morgan fingerprint density at radius 1 is 1.17 bits per heavy atom. The van der Waals surface area contributed by atoms with E-state index in [0.717, 1.165) is 45.6 Å². The third-order valence-electron chi connectivity index (χ3n) is 5.78. The van der Waals surface area contributed by atoms with Gasteiger partial charge in [0.25, 0.3) is 0 Å². The number of piperazine rings is 1. The molecule has 0 spiro atoms. The highest BCUT2D eigenvalue weighted by molar-refractivity contribution is 5.83. The Kier molecular flexibility index (Phi) is 4.37. The highest BCUT2D eigenvalue weighted by Crippen LogP contribution is 2.28. The third-order valence-corrected chi connectivity index (χ3v) is 5.78. The fourth-order valence-corrected chi connectivity index (χ4v) is 4.59. The van der Waals surface area contributed by atoms with Crippen molar-refractivity contribution in [1.29, 1.82) is 0 Å². The lowest BCUT2D eigenvalue weighted by Crippen LogP contribution is -2.54. The van der Waals surface area contributed by atoms with Crippen molar-refractivity contribution in [3.63, 3.8) is 0 Å². The van der Waals surface area contributed by atoms with Crippen molar-refractivity contribution < 1.29 is 5.11 Å². The van der Waals surface area contributed by atoms with Gasteiger partial charge in [-0.1, -0.05) is 25.1 Å². The van der Waals surface area contributed by atoms with E-state index in [-0.39, 0.29) is 6.10 Å². The van der Waals surface area contributed by atoms with Crippen LogP contribution in [0.25, 0.3) is 10.9 Å². The van der Waals surface area contributed by atoms with Crippen molar-refractivity contribution in [2.75, 3.05) is 19.6 Å². The molecule has 0 aliphatic carbocycles. The minimum atomic E-state index is -0.131. The molecule has 2 fully saturated rings. The number of aliphatic hydroxyl groups is 1. The van der Waals surface area contributed by atoms with Gasteiger partial charge in [0.05, 0.1) is 6.10 Å². The molecule has 24 heavy (non-hydrogen) atoms. The summed E-state index contributed by atoms with van der Waals surface area (Å²) in [6.07, 6.45) is 4.32. The minimum absolute atomic E-state index is 0.131. The van der Waals surface area contributed by atoms with E-state index in [1.54, 1.807) is 0 Å². The zero-order valence-electron chi connectivity index (χ0n) is 14.9. The molecular weight excluding hydrogens is 298 g/mol. The summed E-state index contributed by atoms with van der Waals surface area (Å²) in [6, 6.07) is 9.86. The summed E-state index contributed by atoms with van der Waals surface area (Å²) in [7, 11) is 0. The third kappa shape index (κ3) is 2.87. The molecule has 4 rings (SSSR count). The normalized spacial score (nSPS) is 28.5. The number of benzene rings is 1. The van der Waals surface area contributed by atoms with Crippen LogP contribution in [0.3, 0.4) is 0 Å². The van der Waals surface area contributed by atoms with E-state index in [4.69, 9.17) is 0 Å². The maximum atomic E-state index is 9.96. The van der Waals surface area contributed by atoms with Gasteiger partial charge >= 0.3 is 0 Å². The highest BCUT2D eigenvalue weighted by Gasteiger charge is 2.38. The first-order valence-electron chi connectivity index (χ1n) is 9.38. The van der Waals surface area contributed by atoms with Crippen molar-refractivity contribution in [2.45, 2.75) is 58.0 Å². The molecule has 2 aromatic rings. The standard InChI is InChI=1S/C20H29N3O/c1-3-8-21-11-16(19-6-4-5-7-20(19)21)12-22-13-17-9-18(24)14-23(17)10-15(22)2/h4-7,11,15,17-18,24H,3,8-10,12-14H2,1-2H3/t15-,17-,18+/m0/s1. The van der Waals surface area contributed by atoms with Gasteiger partial charge in [-0.05, 0) is 31.4 Å². The number of nitrogens with zero attached hydrogens (tertiary/aromatic N) is 3. The van der Waals surface area contributed by atoms with Crippen LogP contribution in [0, 0.1) is 0 Å². The van der Waals surface area contributed by atoms with Crippen LogP contribution in [-0.4, -0.2) is 57.3 Å². The Morgan fingerprint density at radius 3 is 2.83 bits per heavy atom. The number of fused-ring (bicyclic) bond motifs is 2. The molecule has 1 aromatic heterocycles. The number of aliphatic hydroxyl groups excluding tert-OH is 1. The lowest BCUT2D eigenvalue weighted by Gasteiger charge is -2.42. The van der Waals surface area contributed by atoms with Crippen LogP contribution >= 0.6 is 0 Å². The van der Waals surface area contributed by atoms with Crippen molar-refractivity contribution in [3.8, 4) is 0 Å². The van der Waals surface area contributed by atoms with E-state index in [0.29, 0.717) is 12.1 Å². The average Bonchev–Trinajstić information content (AvgIpc) is 3.09. The molecule has 0 amide bonds. The summed E-state index contributed by atoms with van der Waals surface area (Å²) in [6.45, 7) is 9.67. The average molecular weight is 327 g/mol. The summed E-state index contributed by atoms with van der Waals surface area (Å²) >= 11 is 0. The summed E-state index contributed by atoms with van der Waals surface area (Å²) in [4.78, 5) is 5.09. The number of hydrogen-bond acceptors (Lipinski definition) is 3. The second kappa shape index (κ2) is 6.51. The molecule has 4 nitrogen and oxygen atoms in total. The first-order valence-corrected chi connectivity index (χ1v) is 9.38. The molecule has 2 saturated heterocycles. The molecular formula is C20H29N3O. The number of para-hydroxylation sites is 1. The lowest BCUT2D eigenvalue weighted by atomic mass is 10.1. The number of hydrogen-bond donors (Lipinski definition) is 1. The van der Waals surface area contributed by atoms with Crippen molar-refractivity contribution in [1.82, 2.24) is 14.4 Å². The van der Waals surface area contributed by atoms with E-state index in [1.165, 1.54) is 16.5 Å². The van der Waals surface area contributed by atoms with Crippen LogP contribution in [0.4, 0.5) is 0 Å². The van der Waals surface area contributed by atoms with E-state index in [1.807, 2.05) is 0 Å². The van der Waals surface area contributed by atoms with Crippen molar-refractivity contribution >= 4 is 10.9 Å². The first-order chi connectivity index (χ1) is 11.7. The topological polar surface area (TPSA) is 31.6 Å². The van der Waals surface area contributed by atoms with Gasteiger partial charge in [-0.3, -0.25) is 9.80 Å². The first kappa shape index (κ1) is 16.1. The molecule has 0 unspecified atom stereocenters. The van der Waals surface area contributed by atoms with Crippen LogP contribution < -0.4 is 0 Å². The summed E-state index contributed by atoms with van der Waals surface area (Å²) < 4.78 is 2.41. The lowest BCUT2D eigenvalue weighted by molar-refractivity contribution is 0.0531. The quantitative estimate of drug-likeness (QED) is 0.937. The van der Waals surface area contributed by atoms with Gasteiger partial charge in [0.2, 0.25) is 0 Å². The fraction of sp³-hybridized carbons (Fsp3) is 0.600. The predicted octanol–water partition coefficient (Wildman–Crippen LogP) is 2.69. The molecule has 1 N–H and O–H groups in total. The molecule has 2 aliphatic rings. The molecule has 2 aliphatic heterocycles. The van der Waals surface area contributed by atoms with Crippen LogP contribution in [0.2, 0.25) is 0 Å². The molecule has 4 heteroatoms. The molecule has 130 valence electrons. The predicted molar refractivity (Wildman–Crippen MR) is 98.1 cm³/mol. The van der Waals surface area contributed by atoms with Gasteiger partial charge in [0.1, 0.15) is 0 Å². The summed E-state index contributed by atoms with van der Waals surface area (Å²) in [5.74, 6) is 0. The Morgan fingerprint density at radius 2 is 2.00 bits per heavy atom. The van der Waals surface area contributed by atoms with Crippen LogP contribution in [0.1, 0.15) is 32.3 Å². The van der Waals surface area contributed by atoms with Gasteiger partial charge in [-0.25, -0.2) is 0 Å². The summed E-state index contributed by atoms with van der Waals surface area (Å²) in [5, 5.41) is 11.4. The number of rotatable bonds is 4. The van der Waals surface area contributed by atoms with Crippen molar-refractivity contribution in [3.05, 3.63) is 36.0 Å². The monoisotopic (exact) mass is 327 g/mol. The molecule has 3 atom stereocenters. The second-order valence-corrected chi connectivity index (χ2v) is 7.64. The maximum absolute atomic E-state index is 9.96. The van der Waals surface area contributed by atoms with E-state index < -0.39 is 0 Å². The Balaban J connectivity index is 1.58. The molecule has 1 aromatic carbocycles. The Labute approximate surface area is 144 Å². The van der Waals surface area contributed by atoms with Gasteiger partial charge in [0.15, 0.2) is 0 Å². The molecule has 0 radical (unpaired) electrons.